The first-order chi connectivity index (χ1) is 13.5. The highest BCUT2D eigenvalue weighted by atomic mass is 16.6. The third kappa shape index (κ3) is 6.75. The van der Waals surface area contributed by atoms with Crippen LogP contribution >= 0.6 is 0 Å². The van der Waals surface area contributed by atoms with Gasteiger partial charge in [0.05, 0.1) is 6.54 Å². The van der Waals surface area contributed by atoms with Crippen LogP contribution in [-0.4, -0.2) is 37.5 Å². The number of nitrogens with one attached hydrogen (secondary N) is 2. The lowest BCUT2D eigenvalue weighted by atomic mass is 10.1. The fraction of sp³-hybridized carbons (Fsp3) is 0.286. The molecule has 7 heteroatoms. The van der Waals surface area contributed by atoms with E-state index in [9.17, 15) is 14.4 Å². The molecule has 148 valence electrons. The molecule has 0 fully saturated rings. The first kappa shape index (κ1) is 21.0. The van der Waals surface area contributed by atoms with E-state index in [1.165, 1.54) is 0 Å². The topological polar surface area (TPSA) is 93.7 Å². The number of benzene rings is 2. The highest BCUT2D eigenvalue weighted by Gasteiger charge is 2.11. The summed E-state index contributed by atoms with van der Waals surface area (Å²) in [6, 6.07) is 14.7. The lowest BCUT2D eigenvalue weighted by Gasteiger charge is -2.11. The summed E-state index contributed by atoms with van der Waals surface area (Å²) < 4.78 is 10.2. The van der Waals surface area contributed by atoms with E-state index in [1.54, 1.807) is 18.2 Å². The molecule has 0 radical (unpaired) electrons. The minimum atomic E-state index is -0.667. The van der Waals surface area contributed by atoms with Crippen LogP contribution < -0.4 is 15.4 Å². The van der Waals surface area contributed by atoms with Crippen LogP contribution in [-0.2, 0) is 25.5 Å². The molecule has 0 heterocycles. The first-order valence-corrected chi connectivity index (χ1v) is 8.98. The third-order valence-electron chi connectivity index (χ3n) is 3.92. The SMILES string of the molecule is CCc1ccccc1NC(=O)CNC(=O)COC(=O)COc1ccccc1C. The molecule has 0 aliphatic rings. The van der Waals surface area contributed by atoms with E-state index in [-0.39, 0.29) is 19.1 Å². The normalized spacial score (nSPS) is 10.1. The molecule has 2 aromatic rings. The van der Waals surface area contributed by atoms with Crippen LogP contribution in [0.1, 0.15) is 18.1 Å². The number of carbonyl (C=O) groups excluding carboxylic acids is 3. The predicted octanol–water partition coefficient (Wildman–Crippen LogP) is 2.23. The fourth-order valence-corrected chi connectivity index (χ4v) is 2.42. The molecule has 0 saturated carbocycles. The van der Waals surface area contributed by atoms with Crippen molar-refractivity contribution in [3.8, 4) is 5.75 Å². The summed E-state index contributed by atoms with van der Waals surface area (Å²) in [6.45, 7) is 2.86. The van der Waals surface area contributed by atoms with Crippen molar-refractivity contribution in [1.29, 1.82) is 0 Å². The Morgan fingerprint density at radius 3 is 2.39 bits per heavy atom. The van der Waals surface area contributed by atoms with Crippen molar-refractivity contribution < 1.29 is 23.9 Å². The Bertz CT molecular complexity index is 835. The van der Waals surface area contributed by atoms with Gasteiger partial charge >= 0.3 is 5.97 Å². The molecule has 0 aliphatic carbocycles. The maximum absolute atomic E-state index is 12.0. The molecule has 2 amide bonds. The van der Waals surface area contributed by atoms with Crippen LogP contribution in [0.2, 0.25) is 0 Å². The monoisotopic (exact) mass is 384 g/mol. The lowest BCUT2D eigenvalue weighted by molar-refractivity contribution is -0.150. The van der Waals surface area contributed by atoms with Gasteiger partial charge in [0.25, 0.3) is 5.91 Å². The molecule has 0 aromatic heterocycles. The molecule has 0 spiro atoms. The molecule has 2 N–H and O–H groups in total. The molecule has 28 heavy (non-hydrogen) atoms. The summed E-state index contributed by atoms with van der Waals surface area (Å²) in [6.07, 6.45) is 0.781. The van der Waals surface area contributed by atoms with Crippen LogP contribution in [0.4, 0.5) is 5.69 Å². The molecular weight excluding hydrogens is 360 g/mol. The zero-order valence-electron chi connectivity index (χ0n) is 16.0. The molecule has 0 bridgehead atoms. The van der Waals surface area contributed by atoms with Crippen LogP contribution in [0.5, 0.6) is 5.75 Å². The second kappa shape index (κ2) is 10.7. The Morgan fingerprint density at radius 1 is 0.929 bits per heavy atom. The quantitative estimate of drug-likeness (QED) is 0.647. The van der Waals surface area contributed by atoms with Crippen molar-refractivity contribution >= 4 is 23.5 Å². The van der Waals surface area contributed by atoms with Gasteiger partial charge in [-0.2, -0.15) is 0 Å². The number of hydrogen-bond acceptors (Lipinski definition) is 5. The van der Waals surface area contributed by atoms with E-state index >= 15 is 0 Å². The number of aryl methyl sites for hydroxylation is 2. The number of amides is 2. The number of rotatable bonds is 9. The summed E-state index contributed by atoms with van der Waals surface area (Å²) in [5.74, 6) is -1.01. The summed E-state index contributed by atoms with van der Waals surface area (Å²) in [5.41, 5.74) is 2.61. The summed E-state index contributed by atoms with van der Waals surface area (Å²) in [4.78, 5) is 35.4. The molecule has 0 saturated heterocycles. The second-order valence-corrected chi connectivity index (χ2v) is 6.05. The Hall–Kier alpha value is -3.35. The Balaban J connectivity index is 1.67. The molecule has 2 aromatic carbocycles. The van der Waals surface area contributed by atoms with Crippen molar-refractivity contribution in [3.05, 3.63) is 59.7 Å². The van der Waals surface area contributed by atoms with Gasteiger partial charge < -0.3 is 20.1 Å². The van der Waals surface area contributed by atoms with Gasteiger partial charge in [-0.3, -0.25) is 9.59 Å². The maximum Gasteiger partial charge on any atom is 0.344 e. The summed E-state index contributed by atoms with van der Waals surface area (Å²) >= 11 is 0. The minimum absolute atomic E-state index is 0.214. The third-order valence-corrected chi connectivity index (χ3v) is 3.92. The minimum Gasteiger partial charge on any atom is -0.482 e. The highest BCUT2D eigenvalue weighted by molar-refractivity contribution is 5.95. The summed E-state index contributed by atoms with van der Waals surface area (Å²) in [7, 11) is 0. The van der Waals surface area contributed by atoms with Crippen LogP contribution in [0.25, 0.3) is 0 Å². The van der Waals surface area contributed by atoms with Gasteiger partial charge in [0.2, 0.25) is 5.91 Å². The van der Waals surface area contributed by atoms with Gasteiger partial charge in [0.1, 0.15) is 5.75 Å². The van der Waals surface area contributed by atoms with Gasteiger partial charge in [-0.1, -0.05) is 43.3 Å². The van der Waals surface area contributed by atoms with Crippen molar-refractivity contribution in [1.82, 2.24) is 5.32 Å². The Labute approximate surface area is 164 Å². The van der Waals surface area contributed by atoms with Crippen molar-refractivity contribution in [3.63, 3.8) is 0 Å². The van der Waals surface area contributed by atoms with Crippen molar-refractivity contribution in [2.45, 2.75) is 20.3 Å². The molecule has 0 aliphatic heterocycles. The number of anilines is 1. The zero-order chi connectivity index (χ0) is 20.4. The zero-order valence-corrected chi connectivity index (χ0v) is 16.0. The fourth-order valence-electron chi connectivity index (χ4n) is 2.42. The van der Waals surface area contributed by atoms with Crippen molar-refractivity contribution in [2.24, 2.45) is 0 Å². The largest absolute Gasteiger partial charge is 0.482 e. The number of hydrogen-bond donors (Lipinski definition) is 2. The first-order valence-electron chi connectivity index (χ1n) is 8.98. The summed E-state index contributed by atoms with van der Waals surface area (Å²) in [5, 5.41) is 5.15. The Morgan fingerprint density at radius 2 is 1.64 bits per heavy atom. The highest BCUT2D eigenvalue weighted by Crippen LogP contribution is 2.16. The Kier molecular flexibility index (Phi) is 8.02. The van der Waals surface area contributed by atoms with Crippen LogP contribution in [0.3, 0.4) is 0 Å². The lowest BCUT2D eigenvalue weighted by Crippen LogP contribution is -2.36. The van der Waals surface area contributed by atoms with E-state index < -0.39 is 18.5 Å². The second-order valence-electron chi connectivity index (χ2n) is 6.05. The average molecular weight is 384 g/mol. The van der Waals surface area contributed by atoms with E-state index in [0.717, 1.165) is 17.5 Å². The van der Waals surface area contributed by atoms with Gasteiger partial charge in [-0.25, -0.2) is 4.79 Å². The number of ether oxygens (including phenoxy) is 2. The number of esters is 1. The molecule has 0 atom stereocenters. The predicted molar refractivity (Wildman–Crippen MR) is 105 cm³/mol. The van der Waals surface area contributed by atoms with Gasteiger partial charge in [-0.05, 0) is 36.6 Å². The van der Waals surface area contributed by atoms with Crippen LogP contribution in [0.15, 0.2) is 48.5 Å². The molecule has 2 rings (SSSR count). The van der Waals surface area contributed by atoms with Crippen LogP contribution in [0, 0.1) is 6.92 Å². The van der Waals surface area contributed by atoms with E-state index in [4.69, 9.17) is 9.47 Å². The molecular formula is C21H24N2O5. The molecule has 7 nitrogen and oxygen atoms in total. The molecule has 0 unspecified atom stereocenters. The van der Waals surface area contributed by atoms with E-state index in [1.807, 2.05) is 44.2 Å². The van der Waals surface area contributed by atoms with Gasteiger partial charge in [0, 0.05) is 5.69 Å². The van der Waals surface area contributed by atoms with Gasteiger partial charge in [0.15, 0.2) is 13.2 Å². The number of para-hydroxylation sites is 2. The smallest absolute Gasteiger partial charge is 0.344 e. The van der Waals surface area contributed by atoms with Crippen molar-refractivity contribution in [2.75, 3.05) is 25.1 Å². The van der Waals surface area contributed by atoms with E-state index in [2.05, 4.69) is 10.6 Å². The van der Waals surface area contributed by atoms with E-state index in [0.29, 0.717) is 11.4 Å². The van der Waals surface area contributed by atoms with Gasteiger partial charge in [-0.15, -0.1) is 0 Å². The average Bonchev–Trinajstić information content (AvgIpc) is 2.70. The standard InChI is InChI=1S/C21H24N2O5/c1-3-16-9-5-6-10-17(16)23-19(24)12-22-20(25)13-28-21(26)14-27-18-11-7-4-8-15(18)2/h4-11H,3,12-14H2,1-2H3,(H,22,25)(H,23,24). The maximum atomic E-state index is 12.0. The number of carbonyl (C=O) groups is 3.